The van der Waals surface area contributed by atoms with Gasteiger partial charge >= 0.3 is 0 Å². The smallest absolute Gasteiger partial charge is 0.119 e. The molecule has 0 aliphatic carbocycles. The molecule has 5 rings (SSSR count). The number of benzene rings is 1. The molecule has 3 saturated heterocycles. The summed E-state index contributed by atoms with van der Waals surface area (Å²) in [6.45, 7) is 5.04. The number of fused-ring (bicyclic) bond motifs is 4. The number of aromatic nitrogens is 1. The monoisotopic (exact) mass is 324 g/mol. The first kappa shape index (κ1) is 15.6. The molecule has 3 fully saturated rings. The molecule has 2 aromatic rings. The Morgan fingerprint density at radius 2 is 2.25 bits per heavy atom. The van der Waals surface area contributed by atoms with Crippen molar-refractivity contribution in [2.45, 2.75) is 37.5 Å². The molecule has 5 atom stereocenters. The summed E-state index contributed by atoms with van der Waals surface area (Å²) in [7, 11) is 1.66. The minimum atomic E-state index is -0.520. The molecule has 4 nitrogen and oxygen atoms in total. The number of hydrogen-bond donors (Lipinski definition) is 1. The Morgan fingerprint density at radius 3 is 3.00 bits per heavy atom. The Hall–Kier alpha value is -1.91. The summed E-state index contributed by atoms with van der Waals surface area (Å²) in [6, 6.07) is 8.31. The van der Waals surface area contributed by atoms with Gasteiger partial charge in [-0.1, -0.05) is 6.08 Å². The van der Waals surface area contributed by atoms with E-state index >= 15 is 0 Å². The van der Waals surface area contributed by atoms with Crippen LogP contribution in [-0.2, 0) is 0 Å². The van der Waals surface area contributed by atoms with Gasteiger partial charge in [-0.2, -0.15) is 0 Å². The number of nitrogens with zero attached hydrogens (tertiary/aromatic N) is 2. The van der Waals surface area contributed by atoms with Gasteiger partial charge in [0, 0.05) is 23.7 Å². The van der Waals surface area contributed by atoms with Gasteiger partial charge in [0.2, 0.25) is 0 Å². The van der Waals surface area contributed by atoms with Gasteiger partial charge in [-0.25, -0.2) is 0 Å². The summed E-state index contributed by atoms with van der Waals surface area (Å²) in [6.07, 6.45) is 6.77. The van der Waals surface area contributed by atoms with Crippen LogP contribution in [0.1, 0.15) is 30.9 Å². The van der Waals surface area contributed by atoms with E-state index in [0.29, 0.717) is 12.0 Å². The van der Waals surface area contributed by atoms with Crippen molar-refractivity contribution in [2.24, 2.45) is 5.92 Å². The maximum absolute atomic E-state index is 11.2. The predicted molar refractivity (Wildman–Crippen MR) is 95.1 cm³/mol. The van der Waals surface area contributed by atoms with Crippen LogP contribution in [0.4, 0.5) is 0 Å². The highest BCUT2D eigenvalue weighted by Gasteiger charge is 2.42. The summed E-state index contributed by atoms with van der Waals surface area (Å²) < 4.78 is 5.35. The molecule has 126 valence electrons. The second-order valence-electron chi connectivity index (χ2n) is 6.96. The topological polar surface area (TPSA) is 45.6 Å². The van der Waals surface area contributed by atoms with Gasteiger partial charge in [-0.3, -0.25) is 9.88 Å². The minimum Gasteiger partial charge on any atom is -0.497 e. The minimum absolute atomic E-state index is 0.150. The highest BCUT2D eigenvalue weighted by molar-refractivity contribution is 5.83. The van der Waals surface area contributed by atoms with Gasteiger partial charge in [0.25, 0.3) is 0 Å². The molecule has 0 amide bonds. The van der Waals surface area contributed by atoms with Crippen LogP contribution in [0, 0.1) is 5.92 Å². The molecule has 1 unspecified atom stereocenters. The fraction of sp³-hybridized carbons (Fsp3) is 0.450. The molecule has 3 aliphatic heterocycles. The Morgan fingerprint density at radius 1 is 1.38 bits per heavy atom. The van der Waals surface area contributed by atoms with Gasteiger partial charge in [0.15, 0.2) is 0 Å². The lowest BCUT2D eigenvalue weighted by atomic mass is 9.76. The predicted octanol–water partition coefficient (Wildman–Crippen LogP) is 3.32. The van der Waals surface area contributed by atoms with Crippen LogP contribution < -0.4 is 4.74 Å². The Labute approximate surface area is 142 Å². The SMILES string of the molecule is C=C[C@H]1C[C@H]2CCN1[C@H]([C@@H](O)c1ccnc3ccc(OC)cc13)C2. The van der Waals surface area contributed by atoms with Gasteiger partial charge in [0.1, 0.15) is 5.75 Å². The summed E-state index contributed by atoms with van der Waals surface area (Å²) >= 11 is 0. The fourth-order valence-corrected chi connectivity index (χ4v) is 4.48. The zero-order chi connectivity index (χ0) is 16.7. The fourth-order valence-electron chi connectivity index (χ4n) is 4.48. The number of methoxy groups -OCH3 is 1. The summed E-state index contributed by atoms with van der Waals surface area (Å²) in [5.74, 6) is 1.48. The highest BCUT2D eigenvalue weighted by atomic mass is 16.5. The number of aliphatic hydroxyl groups excluding tert-OH is 1. The van der Waals surface area contributed by atoms with Gasteiger partial charge < -0.3 is 9.84 Å². The molecular formula is C20H24N2O2. The van der Waals surface area contributed by atoms with Gasteiger partial charge in [-0.05, 0) is 61.6 Å². The molecule has 1 N–H and O–H groups in total. The average Bonchev–Trinajstić information content (AvgIpc) is 2.66. The van der Waals surface area contributed by atoms with Crippen molar-refractivity contribution in [3.05, 3.63) is 48.7 Å². The van der Waals surface area contributed by atoms with E-state index in [9.17, 15) is 5.11 Å². The van der Waals surface area contributed by atoms with Gasteiger partial charge in [0.05, 0.1) is 18.7 Å². The first-order chi connectivity index (χ1) is 11.7. The van der Waals surface area contributed by atoms with Crippen LogP contribution in [0.2, 0.25) is 0 Å². The Bertz CT molecular complexity index is 760. The Kier molecular flexibility index (Phi) is 4.02. The maximum Gasteiger partial charge on any atom is 0.119 e. The lowest BCUT2D eigenvalue weighted by Gasteiger charge is -2.51. The summed E-state index contributed by atoms with van der Waals surface area (Å²) in [4.78, 5) is 6.86. The first-order valence-electron chi connectivity index (χ1n) is 8.70. The number of ether oxygens (including phenoxy) is 1. The maximum atomic E-state index is 11.2. The highest BCUT2D eigenvalue weighted by Crippen LogP contribution is 2.42. The van der Waals surface area contributed by atoms with E-state index in [1.807, 2.05) is 30.3 Å². The second-order valence-corrected chi connectivity index (χ2v) is 6.96. The normalized spacial score (nSPS) is 30.2. The number of rotatable bonds is 4. The van der Waals surface area contributed by atoms with Crippen LogP contribution in [0.3, 0.4) is 0 Å². The molecule has 0 saturated carbocycles. The lowest BCUT2D eigenvalue weighted by Crippen LogP contribution is -2.55. The zero-order valence-electron chi connectivity index (χ0n) is 14.1. The third-order valence-corrected chi connectivity index (χ3v) is 5.73. The molecule has 4 heteroatoms. The zero-order valence-corrected chi connectivity index (χ0v) is 14.1. The number of aliphatic hydroxyl groups is 1. The van der Waals surface area contributed by atoms with E-state index in [2.05, 4.69) is 16.5 Å². The molecule has 4 heterocycles. The summed E-state index contributed by atoms with van der Waals surface area (Å²) in [5.41, 5.74) is 1.84. The van der Waals surface area contributed by atoms with Crippen molar-refractivity contribution in [3.8, 4) is 5.75 Å². The quantitative estimate of drug-likeness (QED) is 0.877. The average molecular weight is 324 g/mol. The third-order valence-electron chi connectivity index (χ3n) is 5.73. The van der Waals surface area contributed by atoms with Crippen molar-refractivity contribution in [2.75, 3.05) is 13.7 Å². The van der Waals surface area contributed by atoms with E-state index in [1.165, 1.54) is 12.8 Å². The van der Waals surface area contributed by atoms with Gasteiger partial charge in [-0.15, -0.1) is 6.58 Å². The van der Waals surface area contributed by atoms with Crippen molar-refractivity contribution in [1.29, 1.82) is 0 Å². The molecule has 0 radical (unpaired) electrons. The van der Waals surface area contributed by atoms with E-state index < -0.39 is 6.10 Å². The van der Waals surface area contributed by atoms with E-state index in [-0.39, 0.29) is 6.04 Å². The molecule has 3 aliphatic rings. The van der Waals surface area contributed by atoms with Crippen LogP contribution in [0.25, 0.3) is 10.9 Å². The molecule has 0 spiro atoms. The van der Waals surface area contributed by atoms with Crippen molar-refractivity contribution in [1.82, 2.24) is 9.88 Å². The molecular weight excluding hydrogens is 300 g/mol. The number of hydrogen-bond acceptors (Lipinski definition) is 4. The lowest BCUT2D eigenvalue weighted by molar-refractivity contribution is -0.0473. The van der Waals surface area contributed by atoms with Crippen LogP contribution >= 0.6 is 0 Å². The van der Waals surface area contributed by atoms with E-state index in [4.69, 9.17) is 4.74 Å². The van der Waals surface area contributed by atoms with Crippen molar-refractivity contribution in [3.63, 3.8) is 0 Å². The largest absolute Gasteiger partial charge is 0.497 e. The second kappa shape index (κ2) is 6.19. The van der Waals surface area contributed by atoms with E-state index in [1.54, 1.807) is 13.3 Å². The summed E-state index contributed by atoms with van der Waals surface area (Å²) in [5, 5.41) is 12.2. The third kappa shape index (κ3) is 2.50. The molecule has 24 heavy (non-hydrogen) atoms. The van der Waals surface area contributed by atoms with E-state index in [0.717, 1.165) is 35.2 Å². The van der Waals surface area contributed by atoms with Crippen molar-refractivity contribution < 1.29 is 9.84 Å². The van der Waals surface area contributed by atoms with Crippen LogP contribution in [0.5, 0.6) is 5.75 Å². The van der Waals surface area contributed by atoms with Crippen LogP contribution in [-0.4, -0.2) is 40.7 Å². The first-order valence-corrected chi connectivity index (χ1v) is 8.70. The molecule has 1 aromatic carbocycles. The standard InChI is InChI=1S/C20H24N2O2/c1-3-14-10-13-7-9-22(14)19(11-13)20(23)16-6-8-21-18-5-4-15(24-2)12-17(16)18/h3-6,8,12-14,19-20,23H,1,7,9-11H2,2H3/t13-,14+,19+,20+/m1/s1. The van der Waals surface area contributed by atoms with Crippen molar-refractivity contribution >= 4 is 10.9 Å². The van der Waals surface area contributed by atoms with Crippen LogP contribution in [0.15, 0.2) is 43.1 Å². The molecule has 2 bridgehead atoms. The number of pyridine rings is 1. The number of piperidine rings is 3. The molecule has 1 aromatic heterocycles. The Balaban J connectivity index is 1.73.